The predicted molar refractivity (Wildman–Crippen MR) is 96.1 cm³/mol. The van der Waals surface area contributed by atoms with Crippen LogP contribution in [0.4, 0.5) is 0 Å². The Labute approximate surface area is 141 Å². The van der Waals surface area contributed by atoms with E-state index in [1.165, 1.54) is 11.1 Å². The lowest BCUT2D eigenvalue weighted by Gasteiger charge is -2.06. The molecule has 0 saturated heterocycles. The summed E-state index contributed by atoms with van der Waals surface area (Å²) in [5, 5.41) is 4.08. The second-order valence-corrected chi connectivity index (χ2v) is 5.95. The van der Waals surface area contributed by atoms with Crippen LogP contribution in [-0.4, -0.2) is 21.7 Å². The zero-order valence-corrected chi connectivity index (χ0v) is 14.1. The summed E-state index contributed by atoms with van der Waals surface area (Å²) in [5.41, 5.74) is 8.98. The molecule has 1 aromatic heterocycles. The molecule has 0 aliphatic carbocycles. The van der Waals surface area contributed by atoms with Crippen LogP contribution in [0.15, 0.2) is 47.8 Å². The number of imidazole rings is 1. The molecule has 24 heavy (non-hydrogen) atoms. The Balaban J connectivity index is 1.66. The van der Waals surface area contributed by atoms with Crippen LogP contribution in [0.1, 0.15) is 22.3 Å². The average Bonchev–Trinajstić information content (AvgIpc) is 2.95. The van der Waals surface area contributed by atoms with Crippen LogP contribution in [0.2, 0.25) is 0 Å². The molecule has 0 unspecified atom stereocenters. The molecular formula is C19H20N4O. The molecule has 3 rings (SSSR count). The van der Waals surface area contributed by atoms with Gasteiger partial charge in [-0.25, -0.2) is 10.4 Å². The third-order valence-electron chi connectivity index (χ3n) is 4.12. The number of rotatable bonds is 4. The molecule has 3 aromatic rings. The van der Waals surface area contributed by atoms with E-state index in [4.69, 9.17) is 0 Å². The average molecular weight is 320 g/mol. The molecule has 1 amide bonds. The smallest absolute Gasteiger partial charge is 0.260 e. The summed E-state index contributed by atoms with van der Waals surface area (Å²) in [4.78, 5) is 16.4. The minimum Gasteiger partial charge on any atom is -0.321 e. The summed E-state index contributed by atoms with van der Waals surface area (Å²) in [6.45, 7) is 6.37. The number of nitrogens with zero attached hydrogens (tertiary/aromatic N) is 3. The van der Waals surface area contributed by atoms with Crippen LogP contribution in [0, 0.1) is 20.8 Å². The molecule has 5 nitrogen and oxygen atoms in total. The molecule has 0 fully saturated rings. The van der Waals surface area contributed by atoms with E-state index < -0.39 is 0 Å². The molecule has 0 atom stereocenters. The first-order valence-electron chi connectivity index (χ1n) is 7.84. The number of carbonyl (C=O) groups is 1. The number of aryl methyl sites for hydroxylation is 3. The first kappa shape index (κ1) is 15.9. The van der Waals surface area contributed by atoms with Gasteiger partial charge in [0, 0.05) is 0 Å². The highest BCUT2D eigenvalue weighted by Crippen LogP contribution is 2.13. The first-order valence-corrected chi connectivity index (χ1v) is 7.84. The molecule has 1 N–H and O–H groups in total. The van der Waals surface area contributed by atoms with Crippen molar-refractivity contribution in [2.24, 2.45) is 5.10 Å². The molecule has 0 aliphatic heterocycles. The van der Waals surface area contributed by atoms with E-state index in [0.717, 1.165) is 22.2 Å². The molecular weight excluding hydrogens is 300 g/mol. The third-order valence-corrected chi connectivity index (χ3v) is 4.12. The number of aromatic nitrogens is 2. The minimum absolute atomic E-state index is 0.184. The van der Waals surface area contributed by atoms with Gasteiger partial charge in [-0.05, 0) is 61.2 Å². The summed E-state index contributed by atoms with van der Waals surface area (Å²) in [6, 6.07) is 11.9. The summed E-state index contributed by atoms with van der Waals surface area (Å²) in [6.07, 6.45) is 3.35. The second kappa shape index (κ2) is 6.66. The maximum absolute atomic E-state index is 12.1. The summed E-state index contributed by atoms with van der Waals surface area (Å²) >= 11 is 0. The van der Waals surface area contributed by atoms with Gasteiger partial charge in [-0.15, -0.1) is 0 Å². The van der Waals surface area contributed by atoms with Crippen molar-refractivity contribution in [2.75, 3.05) is 0 Å². The number of hydrazone groups is 1. The Morgan fingerprint density at radius 3 is 2.75 bits per heavy atom. The van der Waals surface area contributed by atoms with Crippen molar-refractivity contribution in [1.29, 1.82) is 0 Å². The lowest BCUT2D eigenvalue weighted by Crippen LogP contribution is -2.22. The number of nitrogens with one attached hydrogen (secondary N) is 1. The van der Waals surface area contributed by atoms with Gasteiger partial charge in [-0.3, -0.25) is 4.79 Å². The van der Waals surface area contributed by atoms with E-state index >= 15 is 0 Å². The van der Waals surface area contributed by atoms with E-state index in [0.29, 0.717) is 0 Å². The number of benzene rings is 2. The van der Waals surface area contributed by atoms with Crippen LogP contribution in [-0.2, 0) is 11.3 Å². The monoisotopic (exact) mass is 320 g/mol. The zero-order chi connectivity index (χ0) is 17.1. The molecule has 0 radical (unpaired) electrons. The van der Waals surface area contributed by atoms with Crippen LogP contribution in [0.25, 0.3) is 11.0 Å². The topological polar surface area (TPSA) is 59.3 Å². The van der Waals surface area contributed by atoms with Gasteiger partial charge in [-0.2, -0.15) is 5.10 Å². The van der Waals surface area contributed by atoms with E-state index in [9.17, 15) is 4.79 Å². The number of fused-ring (bicyclic) bond motifs is 1. The highest BCUT2D eigenvalue weighted by molar-refractivity contribution is 5.85. The number of carbonyl (C=O) groups excluding carboxylic acids is 1. The first-order chi connectivity index (χ1) is 11.5. The van der Waals surface area contributed by atoms with Gasteiger partial charge in [-0.1, -0.05) is 18.2 Å². The fraction of sp³-hybridized carbons (Fsp3) is 0.211. The predicted octanol–water partition coefficient (Wildman–Crippen LogP) is 3.11. The lowest BCUT2D eigenvalue weighted by atomic mass is 10.0. The van der Waals surface area contributed by atoms with E-state index in [1.807, 2.05) is 35.8 Å². The summed E-state index contributed by atoms with van der Waals surface area (Å²) < 4.78 is 1.81. The van der Waals surface area contributed by atoms with Crippen molar-refractivity contribution in [1.82, 2.24) is 15.0 Å². The van der Waals surface area contributed by atoms with Crippen LogP contribution < -0.4 is 5.43 Å². The Kier molecular flexibility index (Phi) is 4.42. The Bertz CT molecular complexity index is 924. The minimum atomic E-state index is -0.184. The molecule has 0 saturated carbocycles. The molecule has 0 bridgehead atoms. The van der Waals surface area contributed by atoms with Crippen LogP contribution in [0.5, 0.6) is 0 Å². The van der Waals surface area contributed by atoms with Gasteiger partial charge in [0.05, 0.1) is 23.6 Å². The molecule has 2 aromatic carbocycles. The van der Waals surface area contributed by atoms with Gasteiger partial charge in [0.1, 0.15) is 6.54 Å². The van der Waals surface area contributed by atoms with Gasteiger partial charge in [0.25, 0.3) is 5.91 Å². The summed E-state index contributed by atoms with van der Waals surface area (Å²) in [7, 11) is 0. The maximum Gasteiger partial charge on any atom is 0.260 e. The molecule has 1 heterocycles. The van der Waals surface area contributed by atoms with Gasteiger partial charge < -0.3 is 4.57 Å². The number of hydrogen-bond donors (Lipinski definition) is 1. The fourth-order valence-corrected chi connectivity index (χ4v) is 2.62. The number of hydrogen-bond acceptors (Lipinski definition) is 3. The highest BCUT2D eigenvalue weighted by atomic mass is 16.2. The molecule has 122 valence electrons. The van der Waals surface area contributed by atoms with Gasteiger partial charge in [0.15, 0.2) is 0 Å². The highest BCUT2D eigenvalue weighted by Gasteiger charge is 2.06. The number of para-hydroxylation sites is 2. The molecule has 5 heteroatoms. The lowest BCUT2D eigenvalue weighted by molar-refractivity contribution is -0.121. The van der Waals surface area contributed by atoms with Crippen molar-refractivity contribution in [3.63, 3.8) is 0 Å². The zero-order valence-electron chi connectivity index (χ0n) is 14.1. The Morgan fingerprint density at radius 2 is 1.92 bits per heavy atom. The normalized spacial score (nSPS) is 11.3. The third kappa shape index (κ3) is 3.35. The van der Waals surface area contributed by atoms with Crippen LogP contribution in [0.3, 0.4) is 0 Å². The quantitative estimate of drug-likeness (QED) is 0.593. The van der Waals surface area contributed by atoms with Crippen molar-refractivity contribution in [3.05, 3.63) is 65.0 Å². The SMILES string of the molecule is Cc1cc(C)c(/C=N\NC(=O)Cn2cnc3ccccc32)cc1C. The van der Waals surface area contributed by atoms with Crippen molar-refractivity contribution >= 4 is 23.2 Å². The Morgan fingerprint density at radius 1 is 1.17 bits per heavy atom. The number of amides is 1. The van der Waals surface area contributed by atoms with Crippen molar-refractivity contribution < 1.29 is 4.79 Å². The molecule has 0 spiro atoms. The van der Waals surface area contributed by atoms with Gasteiger partial charge in [0.2, 0.25) is 0 Å². The fourth-order valence-electron chi connectivity index (χ4n) is 2.62. The van der Waals surface area contributed by atoms with Crippen molar-refractivity contribution in [3.8, 4) is 0 Å². The largest absolute Gasteiger partial charge is 0.321 e. The Hall–Kier alpha value is -2.95. The summed E-state index contributed by atoms with van der Waals surface area (Å²) in [5.74, 6) is -0.184. The van der Waals surface area contributed by atoms with Gasteiger partial charge >= 0.3 is 0 Å². The van der Waals surface area contributed by atoms with Crippen LogP contribution >= 0.6 is 0 Å². The van der Waals surface area contributed by atoms with E-state index in [1.54, 1.807) is 12.5 Å². The van der Waals surface area contributed by atoms with E-state index in [2.05, 4.69) is 41.5 Å². The second-order valence-electron chi connectivity index (χ2n) is 5.95. The molecule has 0 aliphatic rings. The van der Waals surface area contributed by atoms with Crippen molar-refractivity contribution in [2.45, 2.75) is 27.3 Å². The standard InChI is InChI=1S/C19H20N4O/c1-13-8-15(3)16(9-14(13)2)10-21-22-19(24)11-23-12-20-17-6-4-5-7-18(17)23/h4-10,12H,11H2,1-3H3,(H,22,24)/b21-10-. The maximum atomic E-state index is 12.1. The van der Waals surface area contributed by atoms with E-state index in [-0.39, 0.29) is 12.5 Å².